The van der Waals surface area contributed by atoms with Gasteiger partial charge in [0.2, 0.25) is 11.8 Å². The topological polar surface area (TPSA) is 67.8 Å². The van der Waals surface area contributed by atoms with Crippen LogP contribution >= 0.6 is 0 Å². The van der Waals surface area contributed by atoms with Crippen molar-refractivity contribution >= 4 is 17.7 Å². The normalized spacial score (nSPS) is 18.3. The Labute approximate surface area is 183 Å². The average Bonchev–Trinajstić information content (AvgIpc) is 2.78. The minimum Gasteiger partial charge on any atom is -0.463 e. The van der Waals surface area contributed by atoms with Crippen LogP contribution in [0.5, 0.6) is 5.88 Å². The first-order valence-corrected chi connectivity index (χ1v) is 11.0. The molecule has 1 saturated heterocycles. The molecule has 31 heavy (non-hydrogen) atoms. The van der Waals surface area contributed by atoms with Gasteiger partial charge < -0.3 is 19.3 Å². The zero-order chi connectivity index (χ0) is 22.0. The second kappa shape index (κ2) is 8.96. The first kappa shape index (κ1) is 21.2. The lowest BCUT2D eigenvalue weighted by molar-refractivity contribution is -0.139. The van der Waals surface area contributed by atoms with Crippen LogP contribution in [0.1, 0.15) is 50.2 Å². The molecule has 1 atom stereocenters. The van der Waals surface area contributed by atoms with Crippen molar-refractivity contribution in [2.75, 3.05) is 43.6 Å². The smallest absolute Gasteiger partial charge is 0.338 e. The molecule has 2 aliphatic rings. The van der Waals surface area contributed by atoms with Crippen LogP contribution in [0, 0.1) is 0 Å². The Balaban J connectivity index is 1.95. The molecule has 7 nitrogen and oxygen atoms in total. The molecule has 1 aromatic heterocycles. The van der Waals surface area contributed by atoms with Crippen LogP contribution < -0.4 is 14.5 Å². The van der Waals surface area contributed by atoms with Gasteiger partial charge in [0.25, 0.3) is 0 Å². The number of benzene rings is 1. The Bertz CT molecular complexity index is 982. The summed E-state index contributed by atoms with van der Waals surface area (Å²) in [6.45, 7) is 5.78. The molecule has 1 fully saturated rings. The molecule has 4 rings (SSSR count). The lowest BCUT2D eigenvalue weighted by Gasteiger charge is -2.35. The highest BCUT2D eigenvalue weighted by atomic mass is 16.5. The van der Waals surface area contributed by atoms with Gasteiger partial charge in [0, 0.05) is 27.2 Å². The van der Waals surface area contributed by atoms with Gasteiger partial charge in [0.1, 0.15) is 11.6 Å². The highest BCUT2D eigenvalue weighted by Gasteiger charge is 2.39. The second-order valence-corrected chi connectivity index (χ2v) is 8.14. The van der Waals surface area contributed by atoms with Gasteiger partial charge in [0.05, 0.1) is 23.7 Å². The molecular weight excluding hydrogens is 392 g/mol. The number of esters is 1. The highest BCUT2D eigenvalue weighted by Crippen LogP contribution is 2.47. The number of allylic oxidation sites excluding steroid dienone is 1. The number of fused-ring (bicyclic) bond motifs is 1. The first-order chi connectivity index (χ1) is 15.0. The number of piperidine rings is 1. The molecule has 2 aliphatic heterocycles. The molecule has 164 valence electrons. The quantitative estimate of drug-likeness (QED) is 0.677. The molecule has 0 spiro atoms. The maximum atomic E-state index is 13.0. The van der Waals surface area contributed by atoms with Crippen LogP contribution in [0.2, 0.25) is 0 Å². The predicted octanol–water partition coefficient (Wildman–Crippen LogP) is 3.89. The Morgan fingerprint density at radius 3 is 2.52 bits per heavy atom. The van der Waals surface area contributed by atoms with Gasteiger partial charge in [-0.3, -0.25) is 0 Å². The van der Waals surface area contributed by atoms with E-state index < -0.39 is 0 Å². The third-order valence-electron chi connectivity index (χ3n) is 5.77. The number of hydrogen-bond acceptors (Lipinski definition) is 7. The Morgan fingerprint density at radius 2 is 1.87 bits per heavy atom. The summed E-state index contributed by atoms with van der Waals surface area (Å²) in [6.07, 6.45) is 3.45. The molecule has 0 N–H and O–H groups in total. The average molecular weight is 423 g/mol. The minimum absolute atomic E-state index is 0.305. The van der Waals surface area contributed by atoms with Crippen LogP contribution in [-0.2, 0) is 9.53 Å². The number of rotatable bonds is 5. The summed E-state index contributed by atoms with van der Waals surface area (Å²) in [5.41, 5.74) is 2.35. The molecule has 1 aromatic carbocycles. The fourth-order valence-corrected chi connectivity index (χ4v) is 4.30. The predicted molar refractivity (Wildman–Crippen MR) is 121 cm³/mol. The van der Waals surface area contributed by atoms with E-state index >= 15 is 0 Å². The lowest BCUT2D eigenvalue weighted by atomic mass is 9.83. The fraction of sp³-hybridized carbons (Fsp3) is 0.458. The van der Waals surface area contributed by atoms with Crippen LogP contribution in [0.3, 0.4) is 0 Å². The van der Waals surface area contributed by atoms with Crippen LogP contribution in [0.4, 0.5) is 11.8 Å². The van der Waals surface area contributed by atoms with Gasteiger partial charge in [0.15, 0.2) is 0 Å². The van der Waals surface area contributed by atoms with E-state index in [0.717, 1.165) is 42.9 Å². The van der Waals surface area contributed by atoms with Crippen molar-refractivity contribution in [2.24, 2.45) is 0 Å². The SMILES string of the molecule is CCOC(=O)C1=C(C)Oc2nc(N(C)C)nc(N3CCCCC3)c2C1c1ccccc1. The van der Waals surface area contributed by atoms with Crippen molar-refractivity contribution in [3.8, 4) is 5.88 Å². The molecule has 2 aromatic rings. The number of anilines is 2. The lowest BCUT2D eigenvalue weighted by Crippen LogP contribution is -2.34. The molecular formula is C24H30N4O3. The summed E-state index contributed by atoms with van der Waals surface area (Å²) in [7, 11) is 3.85. The Morgan fingerprint density at radius 1 is 1.16 bits per heavy atom. The number of ether oxygens (including phenoxy) is 2. The zero-order valence-electron chi connectivity index (χ0n) is 18.7. The van der Waals surface area contributed by atoms with Crippen LogP contribution in [-0.4, -0.2) is 49.7 Å². The van der Waals surface area contributed by atoms with Gasteiger partial charge in [-0.15, -0.1) is 0 Å². The van der Waals surface area contributed by atoms with E-state index in [9.17, 15) is 4.79 Å². The minimum atomic E-state index is -0.360. The summed E-state index contributed by atoms with van der Waals surface area (Å²) in [5, 5.41) is 0. The van der Waals surface area contributed by atoms with E-state index in [1.54, 1.807) is 0 Å². The van der Waals surface area contributed by atoms with E-state index in [1.807, 2.05) is 63.2 Å². The number of carbonyl (C=O) groups is 1. The zero-order valence-corrected chi connectivity index (χ0v) is 18.7. The van der Waals surface area contributed by atoms with E-state index in [4.69, 9.17) is 19.4 Å². The molecule has 7 heteroatoms. The van der Waals surface area contributed by atoms with E-state index in [-0.39, 0.29) is 11.9 Å². The van der Waals surface area contributed by atoms with Crippen molar-refractivity contribution in [3.05, 3.63) is 52.8 Å². The standard InChI is InChI=1S/C24H30N4O3/c1-5-30-23(29)18-16(2)31-22-20(19(18)17-12-8-6-9-13-17)21(25-24(26-22)27(3)4)28-14-10-7-11-15-28/h6,8-9,12-13,19H,5,7,10-11,14-15H2,1-4H3. The summed E-state index contributed by atoms with van der Waals surface area (Å²) < 4.78 is 11.6. The van der Waals surface area contributed by atoms with Gasteiger partial charge >= 0.3 is 5.97 Å². The summed E-state index contributed by atoms with van der Waals surface area (Å²) in [6, 6.07) is 10.0. The van der Waals surface area contributed by atoms with Gasteiger partial charge in [-0.2, -0.15) is 9.97 Å². The largest absolute Gasteiger partial charge is 0.463 e. The Kier molecular flexibility index (Phi) is 6.11. The van der Waals surface area contributed by atoms with Crippen molar-refractivity contribution in [2.45, 2.75) is 39.0 Å². The number of carbonyl (C=O) groups excluding carboxylic acids is 1. The first-order valence-electron chi connectivity index (χ1n) is 11.0. The van der Waals surface area contributed by atoms with Gasteiger partial charge in [-0.1, -0.05) is 30.3 Å². The van der Waals surface area contributed by atoms with Crippen molar-refractivity contribution in [1.82, 2.24) is 9.97 Å². The second-order valence-electron chi connectivity index (χ2n) is 8.14. The van der Waals surface area contributed by atoms with Gasteiger partial charge in [-0.05, 0) is 38.7 Å². The van der Waals surface area contributed by atoms with Crippen LogP contribution in [0.25, 0.3) is 0 Å². The number of nitrogens with zero attached hydrogens (tertiary/aromatic N) is 4. The summed E-state index contributed by atoms with van der Waals surface area (Å²) in [4.78, 5) is 26.9. The van der Waals surface area contributed by atoms with E-state index in [2.05, 4.69) is 4.90 Å². The maximum Gasteiger partial charge on any atom is 0.338 e. The molecule has 0 amide bonds. The molecule has 0 saturated carbocycles. The maximum absolute atomic E-state index is 13.0. The highest BCUT2D eigenvalue weighted by molar-refractivity contribution is 5.93. The third-order valence-corrected chi connectivity index (χ3v) is 5.77. The number of aromatic nitrogens is 2. The van der Waals surface area contributed by atoms with Gasteiger partial charge in [-0.25, -0.2) is 4.79 Å². The van der Waals surface area contributed by atoms with E-state index in [0.29, 0.717) is 29.8 Å². The Hall–Kier alpha value is -3.09. The molecule has 3 heterocycles. The monoisotopic (exact) mass is 422 g/mol. The van der Waals surface area contributed by atoms with Crippen molar-refractivity contribution in [1.29, 1.82) is 0 Å². The van der Waals surface area contributed by atoms with Crippen LogP contribution in [0.15, 0.2) is 41.7 Å². The molecule has 0 bridgehead atoms. The number of hydrogen-bond donors (Lipinski definition) is 0. The molecule has 0 radical (unpaired) electrons. The fourth-order valence-electron chi connectivity index (χ4n) is 4.30. The molecule has 1 unspecified atom stereocenters. The van der Waals surface area contributed by atoms with Crippen molar-refractivity contribution < 1.29 is 14.3 Å². The molecule has 0 aliphatic carbocycles. The van der Waals surface area contributed by atoms with E-state index in [1.165, 1.54) is 6.42 Å². The summed E-state index contributed by atoms with van der Waals surface area (Å²) >= 11 is 0. The third kappa shape index (κ3) is 4.09. The summed E-state index contributed by atoms with van der Waals surface area (Å²) in [5.74, 6) is 1.76. The van der Waals surface area contributed by atoms with Crippen molar-refractivity contribution in [3.63, 3.8) is 0 Å².